The summed E-state index contributed by atoms with van der Waals surface area (Å²) in [5.74, 6) is -1.84. The topological polar surface area (TPSA) is 114 Å². The Balaban J connectivity index is 1.78. The molecule has 0 saturated heterocycles. The molecule has 178 valence electrons. The first kappa shape index (κ1) is 24.7. The summed E-state index contributed by atoms with van der Waals surface area (Å²) in [4.78, 5) is 39.5. The molecule has 0 unspecified atom stereocenters. The summed E-state index contributed by atoms with van der Waals surface area (Å²) in [6.45, 7) is 7.59. The number of nitrogens with one attached hydrogen (secondary N) is 1. The average Bonchev–Trinajstić information content (AvgIpc) is 3.06. The molecule has 1 N–H and O–H groups in total. The Morgan fingerprint density at radius 3 is 2.62 bits per heavy atom. The third kappa shape index (κ3) is 4.72. The van der Waals surface area contributed by atoms with E-state index in [0.29, 0.717) is 30.1 Å². The lowest BCUT2D eigenvalue weighted by atomic mass is 9.96. The Hall–Kier alpha value is -3.90. The maximum absolute atomic E-state index is 13.0. The van der Waals surface area contributed by atoms with Crippen molar-refractivity contribution in [3.8, 4) is 6.07 Å². The summed E-state index contributed by atoms with van der Waals surface area (Å²) >= 11 is 0. The van der Waals surface area contributed by atoms with E-state index in [4.69, 9.17) is 9.47 Å². The van der Waals surface area contributed by atoms with Crippen LogP contribution in [0.5, 0.6) is 0 Å². The number of anilines is 2. The largest absolute Gasteiger partial charge is 0.451 e. The minimum atomic E-state index is -1.19. The number of carbonyl (C=O) groups excluding carboxylic acids is 3. The molecule has 2 aromatic rings. The number of hydrogen-bond donors (Lipinski definition) is 1. The normalized spacial score (nSPS) is 14.8. The van der Waals surface area contributed by atoms with Gasteiger partial charge < -0.3 is 19.4 Å². The first-order valence-corrected chi connectivity index (χ1v) is 10.8. The fourth-order valence-corrected chi connectivity index (χ4v) is 3.96. The number of nitriles is 1. The van der Waals surface area contributed by atoms with Gasteiger partial charge in [0.15, 0.2) is 6.61 Å². The van der Waals surface area contributed by atoms with Crippen LogP contribution in [-0.4, -0.2) is 48.2 Å². The number of hydrogen-bond acceptors (Lipinski definition) is 6. The van der Waals surface area contributed by atoms with Gasteiger partial charge in [0.1, 0.15) is 17.2 Å². The van der Waals surface area contributed by atoms with Crippen molar-refractivity contribution in [2.45, 2.75) is 39.8 Å². The summed E-state index contributed by atoms with van der Waals surface area (Å²) in [6.07, 6.45) is 1.45. The van der Waals surface area contributed by atoms with Crippen LogP contribution < -0.4 is 10.2 Å². The van der Waals surface area contributed by atoms with Gasteiger partial charge in [0, 0.05) is 25.0 Å². The maximum atomic E-state index is 13.0. The zero-order chi connectivity index (χ0) is 25.0. The van der Waals surface area contributed by atoms with E-state index in [1.54, 1.807) is 45.2 Å². The van der Waals surface area contributed by atoms with Crippen molar-refractivity contribution in [1.29, 1.82) is 5.26 Å². The number of para-hydroxylation sites is 2. The Morgan fingerprint density at radius 2 is 1.94 bits per heavy atom. The maximum Gasteiger partial charge on any atom is 0.349 e. The summed E-state index contributed by atoms with van der Waals surface area (Å²) in [5.41, 5.74) is 2.13. The van der Waals surface area contributed by atoms with Gasteiger partial charge in [-0.05, 0) is 57.5 Å². The highest BCUT2D eigenvalue weighted by Crippen LogP contribution is 2.36. The number of aryl methyl sites for hydroxylation is 1. The van der Waals surface area contributed by atoms with E-state index in [0.717, 1.165) is 11.4 Å². The van der Waals surface area contributed by atoms with Gasteiger partial charge in [-0.1, -0.05) is 12.1 Å². The third-order valence-corrected chi connectivity index (χ3v) is 5.86. The number of fused-ring (bicyclic) bond motifs is 1. The molecule has 0 aliphatic carbocycles. The minimum Gasteiger partial charge on any atom is -0.451 e. The van der Waals surface area contributed by atoms with Crippen LogP contribution in [0.4, 0.5) is 11.4 Å². The number of esters is 1. The van der Waals surface area contributed by atoms with Gasteiger partial charge in [0.2, 0.25) is 5.91 Å². The Labute approximate surface area is 198 Å². The molecular weight excluding hydrogens is 436 g/mol. The van der Waals surface area contributed by atoms with Gasteiger partial charge in [0.25, 0.3) is 5.91 Å². The van der Waals surface area contributed by atoms with Crippen molar-refractivity contribution in [3.63, 3.8) is 0 Å². The number of methoxy groups -OCH3 is 1. The first-order chi connectivity index (χ1) is 16.1. The van der Waals surface area contributed by atoms with E-state index in [1.807, 2.05) is 30.6 Å². The summed E-state index contributed by atoms with van der Waals surface area (Å²) in [5, 5.41) is 12.3. The summed E-state index contributed by atoms with van der Waals surface area (Å²) < 4.78 is 12.3. The molecule has 1 aliphatic heterocycles. The smallest absolute Gasteiger partial charge is 0.349 e. The minimum absolute atomic E-state index is 0.226. The van der Waals surface area contributed by atoms with Crippen molar-refractivity contribution in [1.82, 2.24) is 4.57 Å². The Kier molecular flexibility index (Phi) is 7.23. The van der Waals surface area contributed by atoms with Crippen LogP contribution in [0.2, 0.25) is 0 Å². The number of aromatic nitrogens is 1. The van der Waals surface area contributed by atoms with Crippen LogP contribution in [-0.2, 0) is 30.4 Å². The first-order valence-electron chi connectivity index (χ1n) is 10.8. The molecule has 1 aliphatic rings. The van der Waals surface area contributed by atoms with Crippen LogP contribution in [0.3, 0.4) is 0 Å². The van der Waals surface area contributed by atoms with Gasteiger partial charge in [-0.25, -0.2) is 4.79 Å². The second-order valence-electron chi connectivity index (χ2n) is 8.48. The molecule has 0 fully saturated rings. The fraction of sp³-hybridized carbons (Fsp3) is 0.360. The van der Waals surface area contributed by atoms with Crippen LogP contribution in [0.15, 0.2) is 35.9 Å². The van der Waals surface area contributed by atoms with Gasteiger partial charge in [-0.15, -0.1) is 0 Å². The molecule has 1 aromatic carbocycles. The molecule has 1 aromatic heterocycles. The van der Waals surface area contributed by atoms with Crippen LogP contribution in [0, 0.1) is 25.2 Å². The lowest BCUT2D eigenvalue weighted by molar-refractivity contribution is -0.144. The molecule has 0 atom stereocenters. The Morgan fingerprint density at radius 1 is 1.24 bits per heavy atom. The number of nitrogens with zero attached hydrogens (tertiary/aromatic N) is 3. The highest BCUT2D eigenvalue weighted by molar-refractivity contribution is 6.14. The van der Waals surface area contributed by atoms with Gasteiger partial charge in [0.05, 0.1) is 18.0 Å². The molecule has 2 amide bonds. The molecule has 3 rings (SSSR count). The van der Waals surface area contributed by atoms with Crippen LogP contribution in [0.1, 0.15) is 30.8 Å². The van der Waals surface area contributed by atoms with E-state index < -0.39 is 24.0 Å². The molecule has 0 saturated carbocycles. The van der Waals surface area contributed by atoms with E-state index in [2.05, 4.69) is 5.32 Å². The van der Waals surface area contributed by atoms with E-state index in [9.17, 15) is 19.6 Å². The number of amides is 2. The van der Waals surface area contributed by atoms with Crippen LogP contribution in [0.25, 0.3) is 6.08 Å². The number of carbonyl (C=O) groups is 3. The lowest BCUT2D eigenvalue weighted by Crippen LogP contribution is -2.59. The quantitative estimate of drug-likeness (QED) is 0.383. The highest BCUT2D eigenvalue weighted by Gasteiger charge is 2.43. The summed E-state index contributed by atoms with van der Waals surface area (Å²) in [7, 11) is 1.62. The molecule has 9 heteroatoms. The SMILES string of the molecule is COCCn1c(C)cc(/C=C(\C#N)C(=O)OCC(=O)N2c3ccccc3NC(=O)C2(C)C)c1C. The van der Waals surface area contributed by atoms with Gasteiger partial charge in [-0.2, -0.15) is 5.26 Å². The lowest BCUT2D eigenvalue weighted by Gasteiger charge is -2.41. The zero-order valence-electron chi connectivity index (χ0n) is 20.0. The van der Waals surface area contributed by atoms with Gasteiger partial charge >= 0.3 is 5.97 Å². The van der Waals surface area contributed by atoms with Crippen LogP contribution >= 0.6 is 0 Å². The highest BCUT2D eigenvalue weighted by atomic mass is 16.5. The second kappa shape index (κ2) is 9.93. The van der Waals surface area contributed by atoms with Crippen molar-refractivity contribution >= 4 is 35.2 Å². The second-order valence-corrected chi connectivity index (χ2v) is 8.48. The van der Waals surface area contributed by atoms with E-state index in [-0.39, 0.29) is 11.5 Å². The van der Waals surface area contributed by atoms with Crippen molar-refractivity contribution < 1.29 is 23.9 Å². The van der Waals surface area contributed by atoms with E-state index in [1.165, 1.54) is 11.0 Å². The fourth-order valence-electron chi connectivity index (χ4n) is 3.96. The molecule has 2 heterocycles. The molecule has 9 nitrogen and oxygen atoms in total. The molecule has 34 heavy (non-hydrogen) atoms. The standard InChI is InChI=1S/C25H28N4O5/c1-16-12-18(17(2)28(16)10-11-33-5)13-19(14-26)23(31)34-15-22(30)29-21-9-7-6-8-20(21)27-24(32)25(29,3)4/h6-9,12-13H,10-11,15H2,1-5H3,(H,27,32)/b19-13+. The van der Waals surface area contributed by atoms with Crippen molar-refractivity contribution in [3.05, 3.63) is 52.9 Å². The average molecular weight is 465 g/mol. The number of rotatable bonds is 7. The predicted octanol–water partition coefficient (Wildman–Crippen LogP) is 2.97. The number of ether oxygens (including phenoxy) is 2. The van der Waals surface area contributed by atoms with Gasteiger partial charge in [-0.3, -0.25) is 14.5 Å². The number of benzene rings is 1. The molecule has 0 spiro atoms. The van der Waals surface area contributed by atoms with Crippen molar-refractivity contribution in [2.75, 3.05) is 30.5 Å². The molecule has 0 radical (unpaired) electrons. The Bertz CT molecular complexity index is 1200. The summed E-state index contributed by atoms with van der Waals surface area (Å²) in [6, 6.07) is 10.6. The monoisotopic (exact) mass is 464 g/mol. The molecular formula is C25H28N4O5. The van der Waals surface area contributed by atoms with E-state index >= 15 is 0 Å². The van der Waals surface area contributed by atoms with Crippen molar-refractivity contribution in [2.24, 2.45) is 0 Å². The zero-order valence-corrected chi connectivity index (χ0v) is 20.0. The predicted molar refractivity (Wildman–Crippen MR) is 127 cm³/mol. The molecule has 0 bridgehead atoms. The third-order valence-electron chi connectivity index (χ3n) is 5.86.